The van der Waals surface area contributed by atoms with Crippen LogP contribution in [0.4, 0.5) is 0 Å². The molecule has 0 atom stereocenters. The summed E-state index contributed by atoms with van der Waals surface area (Å²) < 4.78 is 0. The smallest absolute Gasteiger partial charge is 0.336 e. The molecule has 24 heavy (non-hydrogen) atoms. The molecule has 120 valence electrons. The van der Waals surface area contributed by atoms with E-state index in [1.54, 1.807) is 6.07 Å². The van der Waals surface area contributed by atoms with Crippen molar-refractivity contribution in [1.82, 2.24) is 4.98 Å². The Kier molecular flexibility index (Phi) is 3.57. The largest absolute Gasteiger partial charge is 0.478 e. The predicted molar refractivity (Wildman–Crippen MR) is 95.5 cm³/mol. The normalized spacial score (nSPS) is 14.5. The average molecular weight is 317 g/mol. The standard InChI is InChI=1S/C21H19NO2/c1-13-5-7-15(8-6-13)20-12-18(21(23)24)17-11-16(14-3-2-4-14)9-10-19(17)22-20/h5-12,14H,2-4H2,1H3,(H,23,24). The monoisotopic (exact) mass is 317 g/mol. The first-order valence-corrected chi connectivity index (χ1v) is 8.37. The summed E-state index contributed by atoms with van der Waals surface area (Å²) >= 11 is 0. The average Bonchev–Trinajstić information content (AvgIpc) is 2.53. The van der Waals surface area contributed by atoms with Crippen molar-refractivity contribution < 1.29 is 9.90 Å². The van der Waals surface area contributed by atoms with Gasteiger partial charge in [0.05, 0.1) is 16.8 Å². The van der Waals surface area contributed by atoms with Crippen LogP contribution in [0.2, 0.25) is 0 Å². The maximum atomic E-state index is 11.8. The van der Waals surface area contributed by atoms with E-state index in [0.29, 0.717) is 17.2 Å². The molecule has 4 rings (SSSR count). The van der Waals surface area contributed by atoms with Crippen LogP contribution in [0.25, 0.3) is 22.2 Å². The number of hydrogen-bond donors (Lipinski definition) is 1. The molecule has 1 aliphatic rings. The predicted octanol–water partition coefficient (Wildman–Crippen LogP) is 5.18. The van der Waals surface area contributed by atoms with Crippen LogP contribution in [0, 0.1) is 6.92 Å². The molecule has 0 unspecified atom stereocenters. The Bertz CT molecular complexity index is 924. The summed E-state index contributed by atoms with van der Waals surface area (Å²) in [6, 6.07) is 15.8. The number of carbonyl (C=O) groups is 1. The molecule has 0 radical (unpaired) electrons. The first-order chi connectivity index (χ1) is 11.6. The summed E-state index contributed by atoms with van der Waals surface area (Å²) in [7, 11) is 0. The summed E-state index contributed by atoms with van der Waals surface area (Å²) in [5.41, 5.74) is 5.12. The number of aromatic nitrogens is 1. The maximum absolute atomic E-state index is 11.8. The lowest BCUT2D eigenvalue weighted by atomic mass is 9.79. The lowest BCUT2D eigenvalue weighted by Gasteiger charge is -2.26. The summed E-state index contributed by atoms with van der Waals surface area (Å²) in [5.74, 6) is -0.325. The van der Waals surface area contributed by atoms with E-state index < -0.39 is 5.97 Å². The highest BCUT2D eigenvalue weighted by Gasteiger charge is 2.21. The highest BCUT2D eigenvalue weighted by molar-refractivity contribution is 6.04. The first-order valence-electron chi connectivity index (χ1n) is 8.37. The number of aromatic carboxylic acids is 1. The first kappa shape index (κ1) is 14.9. The number of fused-ring (bicyclic) bond motifs is 1. The summed E-state index contributed by atoms with van der Waals surface area (Å²) in [5, 5.41) is 10.4. The van der Waals surface area contributed by atoms with Crippen LogP contribution in [0.15, 0.2) is 48.5 Å². The second-order valence-corrected chi connectivity index (χ2v) is 6.63. The summed E-state index contributed by atoms with van der Waals surface area (Å²) in [6.07, 6.45) is 3.66. The fourth-order valence-corrected chi connectivity index (χ4v) is 3.29. The summed E-state index contributed by atoms with van der Waals surface area (Å²) in [4.78, 5) is 16.5. The zero-order valence-electron chi connectivity index (χ0n) is 13.6. The van der Waals surface area contributed by atoms with Gasteiger partial charge in [0.25, 0.3) is 0 Å². The van der Waals surface area contributed by atoms with Crippen molar-refractivity contribution in [2.24, 2.45) is 0 Å². The Balaban J connectivity index is 1.88. The lowest BCUT2D eigenvalue weighted by molar-refractivity contribution is 0.0699. The van der Waals surface area contributed by atoms with Gasteiger partial charge in [-0.25, -0.2) is 9.78 Å². The van der Waals surface area contributed by atoms with Gasteiger partial charge in [-0.15, -0.1) is 0 Å². The molecule has 1 N–H and O–H groups in total. The third-order valence-corrected chi connectivity index (χ3v) is 4.99. The lowest BCUT2D eigenvalue weighted by Crippen LogP contribution is -2.09. The molecule has 3 heteroatoms. The van der Waals surface area contributed by atoms with Gasteiger partial charge in [0.1, 0.15) is 0 Å². The van der Waals surface area contributed by atoms with Crippen LogP contribution in [0.5, 0.6) is 0 Å². The molecule has 0 amide bonds. The Morgan fingerprint density at radius 2 is 1.83 bits per heavy atom. The van der Waals surface area contributed by atoms with Gasteiger partial charge < -0.3 is 5.11 Å². The Labute approximate surface area is 141 Å². The quantitative estimate of drug-likeness (QED) is 0.724. The van der Waals surface area contributed by atoms with Crippen LogP contribution in [0.1, 0.15) is 46.7 Å². The van der Waals surface area contributed by atoms with Crippen LogP contribution < -0.4 is 0 Å². The molecule has 1 fully saturated rings. The van der Waals surface area contributed by atoms with Gasteiger partial charge >= 0.3 is 5.97 Å². The van der Waals surface area contributed by atoms with Gasteiger partial charge in [-0.3, -0.25) is 0 Å². The second kappa shape index (κ2) is 5.75. The van der Waals surface area contributed by atoms with Gasteiger partial charge in [-0.05, 0) is 49.4 Å². The van der Waals surface area contributed by atoms with Crippen molar-refractivity contribution in [1.29, 1.82) is 0 Å². The van der Waals surface area contributed by atoms with E-state index in [-0.39, 0.29) is 0 Å². The SMILES string of the molecule is Cc1ccc(-c2cc(C(=O)O)c3cc(C4CCC4)ccc3n2)cc1. The Morgan fingerprint density at radius 3 is 2.46 bits per heavy atom. The van der Waals surface area contributed by atoms with Crippen LogP contribution in [0.3, 0.4) is 0 Å². The van der Waals surface area contributed by atoms with Gasteiger partial charge in [-0.2, -0.15) is 0 Å². The number of pyridine rings is 1. The van der Waals surface area contributed by atoms with Crippen LogP contribution >= 0.6 is 0 Å². The molecule has 0 saturated heterocycles. The van der Waals surface area contributed by atoms with E-state index in [9.17, 15) is 9.90 Å². The molecular formula is C21H19NO2. The van der Waals surface area contributed by atoms with Crippen molar-refractivity contribution in [2.45, 2.75) is 32.1 Å². The number of carboxylic acids is 1. The third-order valence-electron chi connectivity index (χ3n) is 4.99. The van der Waals surface area contributed by atoms with Crippen molar-refractivity contribution in [2.75, 3.05) is 0 Å². The van der Waals surface area contributed by atoms with Gasteiger partial charge in [0.2, 0.25) is 0 Å². The van der Waals surface area contributed by atoms with Crippen molar-refractivity contribution in [3.05, 3.63) is 65.2 Å². The van der Waals surface area contributed by atoms with Crippen LogP contribution in [-0.2, 0) is 0 Å². The van der Waals surface area contributed by atoms with E-state index >= 15 is 0 Å². The molecule has 0 aliphatic heterocycles. The zero-order valence-corrected chi connectivity index (χ0v) is 13.6. The van der Waals surface area contributed by atoms with E-state index in [0.717, 1.165) is 16.5 Å². The molecule has 0 spiro atoms. The fourth-order valence-electron chi connectivity index (χ4n) is 3.29. The number of benzene rings is 2. The molecule has 0 bridgehead atoms. The van der Waals surface area contributed by atoms with E-state index in [2.05, 4.69) is 6.07 Å². The van der Waals surface area contributed by atoms with E-state index in [1.165, 1.54) is 30.4 Å². The molecule has 1 aromatic heterocycles. The molecule has 3 aromatic rings. The minimum atomic E-state index is -0.901. The molecule has 2 aromatic carbocycles. The molecule has 3 nitrogen and oxygen atoms in total. The van der Waals surface area contributed by atoms with Crippen LogP contribution in [-0.4, -0.2) is 16.1 Å². The number of nitrogens with zero attached hydrogens (tertiary/aromatic N) is 1. The highest BCUT2D eigenvalue weighted by Crippen LogP contribution is 2.38. The Hall–Kier alpha value is -2.68. The topological polar surface area (TPSA) is 50.2 Å². The Morgan fingerprint density at radius 1 is 1.08 bits per heavy atom. The molecule has 1 saturated carbocycles. The van der Waals surface area contributed by atoms with Crippen molar-refractivity contribution in [3.63, 3.8) is 0 Å². The van der Waals surface area contributed by atoms with Crippen molar-refractivity contribution >= 4 is 16.9 Å². The van der Waals surface area contributed by atoms with E-state index in [1.807, 2.05) is 43.3 Å². The third kappa shape index (κ3) is 2.56. The van der Waals surface area contributed by atoms with Gasteiger partial charge in [0.15, 0.2) is 0 Å². The number of hydrogen-bond acceptors (Lipinski definition) is 2. The highest BCUT2D eigenvalue weighted by atomic mass is 16.4. The summed E-state index contributed by atoms with van der Waals surface area (Å²) in [6.45, 7) is 2.03. The molecule has 1 aliphatic carbocycles. The minimum absolute atomic E-state index is 0.330. The number of carboxylic acid groups (broad SMARTS) is 1. The fraction of sp³-hybridized carbons (Fsp3) is 0.238. The van der Waals surface area contributed by atoms with Gasteiger partial charge in [-0.1, -0.05) is 42.3 Å². The van der Waals surface area contributed by atoms with Gasteiger partial charge in [0, 0.05) is 10.9 Å². The second-order valence-electron chi connectivity index (χ2n) is 6.63. The molecule has 1 heterocycles. The number of aryl methyl sites for hydroxylation is 1. The minimum Gasteiger partial charge on any atom is -0.478 e. The maximum Gasteiger partial charge on any atom is 0.336 e. The zero-order chi connectivity index (χ0) is 16.7. The van der Waals surface area contributed by atoms with Crippen molar-refractivity contribution in [3.8, 4) is 11.3 Å². The number of rotatable bonds is 3. The molecular weight excluding hydrogens is 298 g/mol. The van der Waals surface area contributed by atoms with E-state index in [4.69, 9.17) is 4.98 Å².